The predicted octanol–water partition coefficient (Wildman–Crippen LogP) is -0.940. The summed E-state index contributed by atoms with van der Waals surface area (Å²) in [5.41, 5.74) is 0. The van der Waals surface area contributed by atoms with E-state index in [4.69, 9.17) is 4.74 Å². The number of methoxy groups -OCH3 is 1. The Morgan fingerprint density at radius 1 is 1.38 bits per heavy atom. The molecule has 1 aromatic heterocycles. The van der Waals surface area contributed by atoms with E-state index in [0.717, 1.165) is 5.82 Å². The van der Waals surface area contributed by atoms with Crippen LogP contribution < -0.4 is 0 Å². The van der Waals surface area contributed by atoms with E-state index in [1.807, 2.05) is 11.9 Å². The Morgan fingerprint density at radius 3 is 2.83 bits per heavy atom. The van der Waals surface area contributed by atoms with E-state index in [9.17, 15) is 9.90 Å². The van der Waals surface area contributed by atoms with Crippen molar-refractivity contribution in [2.75, 3.05) is 60.0 Å². The molecular formula is C16H27N5O3. The number of aromatic nitrogens is 2. The first-order valence-corrected chi connectivity index (χ1v) is 8.20. The monoisotopic (exact) mass is 337 g/mol. The van der Waals surface area contributed by atoms with E-state index in [2.05, 4.69) is 14.9 Å². The van der Waals surface area contributed by atoms with Gasteiger partial charge in [0, 0.05) is 52.2 Å². The quantitative estimate of drug-likeness (QED) is 0.688. The zero-order chi connectivity index (χ0) is 17.4. The van der Waals surface area contributed by atoms with Gasteiger partial charge in [-0.25, -0.2) is 9.97 Å². The Balaban J connectivity index is 1.85. The van der Waals surface area contributed by atoms with Crippen LogP contribution in [0.25, 0.3) is 0 Å². The van der Waals surface area contributed by atoms with Crippen LogP contribution in [0, 0.1) is 0 Å². The van der Waals surface area contributed by atoms with Crippen LogP contribution in [-0.4, -0.2) is 102 Å². The number of hydrogen-bond donors (Lipinski definition) is 1. The van der Waals surface area contributed by atoms with E-state index in [0.29, 0.717) is 52.4 Å². The topological polar surface area (TPSA) is 82.0 Å². The van der Waals surface area contributed by atoms with E-state index >= 15 is 0 Å². The number of hydrogen-bond acceptors (Lipinski definition) is 7. The second-order valence-corrected chi connectivity index (χ2v) is 6.12. The Bertz CT molecular complexity index is 502. The van der Waals surface area contributed by atoms with Gasteiger partial charge in [-0.15, -0.1) is 0 Å². The molecule has 0 aliphatic carbocycles. The smallest absolute Gasteiger partial charge is 0.236 e. The van der Waals surface area contributed by atoms with Gasteiger partial charge in [0.1, 0.15) is 5.82 Å². The summed E-state index contributed by atoms with van der Waals surface area (Å²) >= 11 is 0. The molecular weight excluding hydrogens is 310 g/mol. The van der Waals surface area contributed by atoms with Crippen LogP contribution in [-0.2, 0) is 16.1 Å². The van der Waals surface area contributed by atoms with Crippen LogP contribution in [0.4, 0.5) is 0 Å². The average Bonchev–Trinajstić information content (AvgIpc) is 2.75. The summed E-state index contributed by atoms with van der Waals surface area (Å²) in [7, 11) is 3.54. The van der Waals surface area contributed by atoms with Crippen molar-refractivity contribution in [3.8, 4) is 0 Å². The summed E-state index contributed by atoms with van der Waals surface area (Å²) in [5.74, 6) is 0.759. The maximum absolute atomic E-state index is 12.4. The highest BCUT2D eigenvalue weighted by Gasteiger charge is 2.25. The normalized spacial score (nSPS) is 19.5. The van der Waals surface area contributed by atoms with Crippen LogP contribution in [0.1, 0.15) is 5.82 Å². The van der Waals surface area contributed by atoms with Gasteiger partial charge in [-0.3, -0.25) is 14.6 Å². The van der Waals surface area contributed by atoms with Crippen molar-refractivity contribution in [3.63, 3.8) is 0 Å². The first kappa shape index (κ1) is 18.7. The summed E-state index contributed by atoms with van der Waals surface area (Å²) in [6.45, 7) is 4.38. The zero-order valence-electron chi connectivity index (χ0n) is 14.5. The molecule has 8 nitrogen and oxygen atoms in total. The lowest BCUT2D eigenvalue weighted by Crippen LogP contribution is -2.43. The lowest BCUT2D eigenvalue weighted by molar-refractivity contribution is -0.133. The summed E-state index contributed by atoms with van der Waals surface area (Å²) in [6, 6.07) is 1.78. The van der Waals surface area contributed by atoms with Crippen molar-refractivity contribution in [1.29, 1.82) is 0 Å². The molecule has 0 radical (unpaired) electrons. The molecule has 2 heterocycles. The molecule has 0 aromatic carbocycles. The van der Waals surface area contributed by atoms with Crippen LogP contribution in [0.5, 0.6) is 0 Å². The minimum absolute atomic E-state index is 0.0328. The largest absolute Gasteiger partial charge is 0.390 e. The molecule has 1 aromatic rings. The molecule has 0 spiro atoms. The minimum Gasteiger partial charge on any atom is -0.390 e. The molecule has 1 saturated heterocycles. The number of amides is 1. The lowest BCUT2D eigenvalue weighted by Gasteiger charge is -2.24. The van der Waals surface area contributed by atoms with Crippen molar-refractivity contribution in [2.45, 2.75) is 12.6 Å². The predicted molar refractivity (Wildman–Crippen MR) is 89.3 cm³/mol. The number of β-amino-alcohol motifs (C(OH)–C–C–N with tert-alkyl or cyclic N) is 1. The van der Waals surface area contributed by atoms with Crippen LogP contribution in [0.15, 0.2) is 18.5 Å². The molecule has 1 amide bonds. The highest BCUT2D eigenvalue weighted by Crippen LogP contribution is 2.07. The van der Waals surface area contributed by atoms with Crippen molar-refractivity contribution < 1.29 is 14.6 Å². The van der Waals surface area contributed by atoms with Gasteiger partial charge in [-0.2, -0.15) is 0 Å². The summed E-state index contributed by atoms with van der Waals surface area (Å²) < 4.78 is 5.02. The molecule has 1 aliphatic heterocycles. The molecule has 0 saturated carbocycles. The lowest BCUT2D eigenvalue weighted by atomic mass is 10.3. The Labute approximate surface area is 143 Å². The van der Waals surface area contributed by atoms with E-state index in [1.165, 1.54) is 0 Å². The number of carbonyl (C=O) groups excluding carboxylic acids is 1. The third-order valence-electron chi connectivity index (χ3n) is 4.01. The van der Waals surface area contributed by atoms with E-state index in [1.54, 1.807) is 30.5 Å². The Kier molecular flexibility index (Phi) is 7.51. The van der Waals surface area contributed by atoms with Crippen molar-refractivity contribution >= 4 is 5.91 Å². The molecule has 134 valence electrons. The van der Waals surface area contributed by atoms with Gasteiger partial charge in [-0.05, 0) is 13.1 Å². The first-order chi connectivity index (χ1) is 11.6. The van der Waals surface area contributed by atoms with Crippen LogP contribution in [0.3, 0.4) is 0 Å². The Hall–Kier alpha value is -1.61. The zero-order valence-corrected chi connectivity index (χ0v) is 14.5. The maximum Gasteiger partial charge on any atom is 0.236 e. The molecule has 1 atom stereocenters. The van der Waals surface area contributed by atoms with Crippen molar-refractivity contribution in [1.82, 2.24) is 24.7 Å². The molecule has 24 heavy (non-hydrogen) atoms. The highest BCUT2D eigenvalue weighted by atomic mass is 16.5. The molecule has 0 unspecified atom stereocenters. The maximum atomic E-state index is 12.4. The standard InChI is InChI=1S/C16H27N5O3/c1-19(8-9-24-2)13-16(23)21-7-6-20(10-14(22)11-21)12-15-17-4-3-5-18-15/h3-5,14,22H,6-13H2,1-2H3/t14-/m0/s1. The number of aliphatic hydroxyl groups excluding tert-OH is 1. The number of aliphatic hydroxyl groups is 1. The van der Waals surface area contributed by atoms with Gasteiger partial charge in [0.15, 0.2) is 0 Å². The number of carbonyl (C=O) groups is 1. The van der Waals surface area contributed by atoms with Crippen LogP contribution >= 0.6 is 0 Å². The van der Waals surface area contributed by atoms with E-state index < -0.39 is 6.10 Å². The number of nitrogens with zero attached hydrogens (tertiary/aromatic N) is 5. The van der Waals surface area contributed by atoms with Gasteiger partial charge in [0.25, 0.3) is 0 Å². The fraction of sp³-hybridized carbons (Fsp3) is 0.688. The second-order valence-electron chi connectivity index (χ2n) is 6.12. The summed E-state index contributed by atoms with van der Waals surface area (Å²) in [4.78, 5) is 26.6. The number of ether oxygens (including phenoxy) is 1. The minimum atomic E-state index is -0.565. The number of likely N-dealkylation sites (N-methyl/N-ethyl adjacent to an activating group) is 1. The average molecular weight is 337 g/mol. The van der Waals surface area contributed by atoms with Gasteiger partial charge < -0.3 is 14.7 Å². The molecule has 8 heteroatoms. The molecule has 2 rings (SSSR count). The third kappa shape index (κ3) is 6.12. The van der Waals surface area contributed by atoms with Gasteiger partial charge in [0.05, 0.1) is 25.8 Å². The van der Waals surface area contributed by atoms with Gasteiger partial charge >= 0.3 is 0 Å². The van der Waals surface area contributed by atoms with Crippen molar-refractivity contribution in [2.24, 2.45) is 0 Å². The van der Waals surface area contributed by atoms with E-state index in [-0.39, 0.29) is 5.91 Å². The molecule has 1 fully saturated rings. The van der Waals surface area contributed by atoms with Crippen LogP contribution in [0.2, 0.25) is 0 Å². The van der Waals surface area contributed by atoms with Gasteiger partial charge in [0.2, 0.25) is 5.91 Å². The molecule has 1 N–H and O–H groups in total. The molecule has 1 aliphatic rings. The Morgan fingerprint density at radius 2 is 2.12 bits per heavy atom. The SMILES string of the molecule is COCCN(C)CC(=O)N1CCN(Cc2ncccn2)C[C@H](O)C1. The first-order valence-electron chi connectivity index (χ1n) is 8.20. The fourth-order valence-corrected chi connectivity index (χ4v) is 2.69. The highest BCUT2D eigenvalue weighted by molar-refractivity contribution is 5.78. The second kappa shape index (κ2) is 9.63. The number of rotatable bonds is 7. The summed E-state index contributed by atoms with van der Waals surface area (Å²) in [6.07, 6.45) is 2.86. The molecule has 0 bridgehead atoms. The fourth-order valence-electron chi connectivity index (χ4n) is 2.69. The third-order valence-corrected chi connectivity index (χ3v) is 4.01. The summed E-state index contributed by atoms with van der Waals surface area (Å²) in [5, 5.41) is 10.2. The van der Waals surface area contributed by atoms with Crippen molar-refractivity contribution in [3.05, 3.63) is 24.3 Å². The van der Waals surface area contributed by atoms with Gasteiger partial charge in [-0.1, -0.05) is 0 Å².